The third-order valence-electron chi connectivity index (χ3n) is 4.07. The first-order valence-electron chi connectivity index (χ1n) is 6.44. The first kappa shape index (κ1) is 11.7. The van der Waals surface area contributed by atoms with E-state index in [2.05, 4.69) is 45.1 Å². The zero-order valence-electron chi connectivity index (χ0n) is 10.9. The monoisotopic (exact) mass is 217 g/mol. The molecule has 1 aliphatic rings. The van der Waals surface area contributed by atoms with Crippen LogP contribution in [0, 0.1) is 20.8 Å². The first-order chi connectivity index (χ1) is 7.63. The lowest BCUT2D eigenvalue weighted by Gasteiger charge is -2.21. The Bertz CT molecular complexity index is 381. The Hall–Kier alpha value is -0.820. The molecule has 0 bridgehead atoms. The van der Waals surface area contributed by atoms with Gasteiger partial charge in [0.05, 0.1) is 0 Å². The Morgan fingerprint density at radius 3 is 2.50 bits per heavy atom. The molecule has 1 nitrogen and oxygen atoms in total. The average Bonchev–Trinajstić information content (AvgIpc) is 2.71. The average molecular weight is 217 g/mol. The van der Waals surface area contributed by atoms with E-state index in [4.69, 9.17) is 0 Å². The van der Waals surface area contributed by atoms with Crippen LogP contribution in [0.1, 0.15) is 47.9 Å². The van der Waals surface area contributed by atoms with E-state index in [0.717, 1.165) is 5.92 Å². The summed E-state index contributed by atoms with van der Waals surface area (Å²) in [7, 11) is 0. The lowest BCUT2D eigenvalue weighted by atomic mass is 9.86. The Morgan fingerprint density at radius 1 is 1.12 bits per heavy atom. The van der Waals surface area contributed by atoms with Crippen molar-refractivity contribution < 1.29 is 0 Å². The Balaban J connectivity index is 2.36. The maximum Gasteiger partial charge on any atom is 0.0134 e. The SMILES string of the molecule is CCC1NCCC1c1cc(C)c(C)cc1C. The molecule has 1 aromatic carbocycles. The molecule has 0 aromatic heterocycles. The molecular weight excluding hydrogens is 194 g/mol. The van der Waals surface area contributed by atoms with Gasteiger partial charge < -0.3 is 5.32 Å². The topological polar surface area (TPSA) is 12.0 Å². The molecule has 1 heterocycles. The summed E-state index contributed by atoms with van der Waals surface area (Å²) in [4.78, 5) is 0. The highest BCUT2D eigenvalue weighted by Gasteiger charge is 2.27. The van der Waals surface area contributed by atoms with E-state index in [0.29, 0.717) is 6.04 Å². The quantitative estimate of drug-likeness (QED) is 0.800. The number of rotatable bonds is 2. The molecule has 2 atom stereocenters. The van der Waals surface area contributed by atoms with E-state index < -0.39 is 0 Å². The molecule has 0 amide bonds. The second-order valence-corrected chi connectivity index (χ2v) is 5.16. The molecule has 1 N–H and O–H groups in total. The third-order valence-corrected chi connectivity index (χ3v) is 4.07. The van der Waals surface area contributed by atoms with Crippen LogP contribution < -0.4 is 5.32 Å². The summed E-state index contributed by atoms with van der Waals surface area (Å²) in [6.45, 7) is 10.1. The Morgan fingerprint density at radius 2 is 1.81 bits per heavy atom. The highest BCUT2D eigenvalue weighted by atomic mass is 14.9. The van der Waals surface area contributed by atoms with Crippen molar-refractivity contribution in [3.05, 3.63) is 34.4 Å². The van der Waals surface area contributed by atoms with Crippen LogP contribution in [0.2, 0.25) is 0 Å². The highest BCUT2D eigenvalue weighted by Crippen LogP contribution is 2.32. The van der Waals surface area contributed by atoms with Crippen LogP contribution in [-0.4, -0.2) is 12.6 Å². The van der Waals surface area contributed by atoms with Crippen LogP contribution in [0.4, 0.5) is 0 Å². The van der Waals surface area contributed by atoms with Crippen LogP contribution in [0.5, 0.6) is 0 Å². The van der Waals surface area contributed by atoms with Gasteiger partial charge in [-0.3, -0.25) is 0 Å². The van der Waals surface area contributed by atoms with Crippen LogP contribution in [-0.2, 0) is 0 Å². The van der Waals surface area contributed by atoms with Gasteiger partial charge in [-0.25, -0.2) is 0 Å². The molecule has 16 heavy (non-hydrogen) atoms. The van der Waals surface area contributed by atoms with Crippen molar-refractivity contribution in [1.29, 1.82) is 0 Å². The Labute approximate surface area is 99.3 Å². The van der Waals surface area contributed by atoms with E-state index in [1.807, 2.05) is 0 Å². The van der Waals surface area contributed by atoms with Crippen LogP contribution in [0.15, 0.2) is 12.1 Å². The van der Waals surface area contributed by atoms with Gasteiger partial charge in [-0.2, -0.15) is 0 Å². The predicted octanol–water partition coefficient (Wildman–Crippen LogP) is 3.47. The normalized spacial score (nSPS) is 25.0. The molecule has 1 aromatic rings. The molecule has 2 unspecified atom stereocenters. The van der Waals surface area contributed by atoms with Crippen molar-refractivity contribution in [3.8, 4) is 0 Å². The number of hydrogen-bond donors (Lipinski definition) is 1. The summed E-state index contributed by atoms with van der Waals surface area (Å²) >= 11 is 0. The lowest BCUT2D eigenvalue weighted by molar-refractivity contribution is 0.530. The van der Waals surface area contributed by atoms with Crippen LogP contribution >= 0.6 is 0 Å². The lowest BCUT2D eigenvalue weighted by Crippen LogP contribution is -2.25. The van der Waals surface area contributed by atoms with Gasteiger partial charge in [-0.05, 0) is 62.4 Å². The number of nitrogens with one attached hydrogen (secondary N) is 1. The molecule has 1 heteroatoms. The van der Waals surface area contributed by atoms with Crippen molar-refractivity contribution >= 4 is 0 Å². The minimum absolute atomic E-state index is 0.681. The van der Waals surface area contributed by atoms with Gasteiger partial charge in [-0.1, -0.05) is 19.1 Å². The van der Waals surface area contributed by atoms with Crippen molar-refractivity contribution in [1.82, 2.24) is 5.32 Å². The summed E-state index contributed by atoms with van der Waals surface area (Å²) in [5.41, 5.74) is 5.89. The van der Waals surface area contributed by atoms with E-state index in [-0.39, 0.29) is 0 Å². The van der Waals surface area contributed by atoms with Crippen LogP contribution in [0.25, 0.3) is 0 Å². The highest BCUT2D eigenvalue weighted by molar-refractivity contribution is 5.39. The molecule has 0 aliphatic carbocycles. The molecule has 1 saturated heterocycles. The fourth-order valence-electron chi connectivity index (χ4n) is 2.95. The van der Waals surface area contributed by atoms with Gasteiger partial charge in [0.15, 0.2) is 0 Å². The largest absolute Gasteiger partial charge is 0.313 e. The maximum atomic E-state index is 3.62. The summed E-state index contributed by atoms with van der Waals surface area (Å²) in [5.74, 6) is 0.726. The van der Waals surface area contributed by atoms with Gasteiger partial charge >= 0.3 is 0 Å². The fraction of sp³-hybridized carbons (Fsp3) is 0.600. The second-order valence-electron chi connectivity index (χ2n) is 5.16. The summed E-state index contributed by atoms with van der Waals surface area (Å²) < 4.78 is 0. The van der Waals surface area contributed by atoms with Gasteiger partial charge in [0.1, 0.15) is 0 Å². The van der Waals surface area contributed by atoms with Gasteiger partial charge in [0, 0.05) is 12.0 Å². The third kappa shape index (κ3) is 2.01. The number of benzene rings is 1. The molecule has 2 rings (SSSR count). The summed E-state index contributed by atoms with van der Waals surface area (Å²) in [6.07, 6.45) is 2.53. The first-order valence-corrected chi connectivity index (χ1v) is 6.44. The van der Waals surface area contributed by atoms with E-state index in [1.165, 1.54) is 36.1 Å². The Kier molecular flexibility index (Phi) is 3.34. The molecule has 1 aliphatic heterocycles. The van der Waals surface area contributed by atoms with Crippen molar-refractivity contribution in [2.24, 2.45) is 0 Å². The maximum absolute atomic E-state index is 3.62. The van der Waals surface area contributed by atoms with E-state index in [9.17, 15) is 0 Å². The van der Waals surface area contributed by atoms with Gasteiger partial charge in [-0.15, -0.1) is 0 Å². The standard InChI is InChI=1S/C15H23N/c1-5-15-13(6-7-16-15)14-9-11(3)10(2)8-12(14)4/h8-9,13,15-16H,5-7H2,1-4H3. The number of hydrogen-bond acceptors (Lipinski definition) is 1. The molecule has 0 spiro atoms. The summed E-state index contributed by atoms with van der Waals surface area (Å²) in [6, 6.07) is 5.43. The van der Waals surface area contributed by atoms with E-state index >= 15 is 0 Å². The zero-order chi connectivity index (χ0) is 11.7. The molecule has 0 saturated carbocycles. The zero-order valence-corrected chi connectivity index (χ0v) is 10.9. The van der Waals surface area contributed by atoms with Crippen molar-refractivity contribution in [3.63, 3.8) is 0 Å². The minimum Gasteiger partial charge on any atom is -0.313 e. The van der Waals surface area contributed by atoms with Gasteiger partial charge in [0.2, 0.25) is 0 Å². The van der Waals surface area contributed by atoms with Gasteiger partial charge in [0.25, 0.3) is 0 Å². The van der Waals surface area contributed by atoms with Crippen molar-refractivity contribution in [2.45, 2.75) is 52.5 Å². The van der Waals surface area contributed by atoms with Crippen molar-refractivity contribution in [2.75, 3.05) is 6.54 Å². The fourth-order valence-corrected chi connectivity index (χ4v) is 2.95. The molecular formula is C15H23N. The minimum atomic E-state index is 0.681. The molecule has 1 fully saturated rings. The second kappa shape index (κ2) is 4.58. The predicted molar refractivity (Wildman–Crippen MR) is 70.1 cm³/mol. The van der Waals surface area contributed by atoms with E-state index in [1.54, 1.807) is 5.56 Å². The van der Waals surface area contributed by atoms with Crippen LogP contribution in [0.3, 0.4) is 0 Å². The molecule has 0 radical (unpaired) electrons. The smallest absolute Gasteiger partial charge is 0.0134 e. The number of aryl methyl sites for hydroxylation is 3. The summed E-state index contributed by atoms with van der Waals surface area (Å²) in [5, 5.41) is 3.62. The molecule has 88 valence electrons.